The van der Waals surface area contributed by atoms with Crippen LogP contribution >= 0.6 is 11.6 Å². The van der Waals surface area contributed by atoms with Crippen molar-refractivity contribution in [2.45, 2.75) is 6.92 Å². The highest BCUT2D eigenvalue weighted by atomic mass is 35.5. The van der Waals surface area contributed by atoms with Crippen molar-refractivity contribution in [3.63, 3.8) is 0 Å². The van der Waals surface area contributed by atoms with E-state index in [2.05, 4.69) is 4.72 Å². The first-order valence-corrected chi connectivity index (χ1v) is 7.46. The van der Waals surface area contributed by atoms with Gasteiger partial charge in [0.05, 0.1) is 18.6 Å². The predicted octanol–water partition coefficient (Wildman–Crippen LogP) is 2.45. The summed E-state index contributed by atoms with van der Waals surface area (Å²) in [5.74, 6) is -0.593. The van der Waals surface area contributed by atoms with Crippen LogP contribution in [0.4, 0.5) is 10.1 Å². The number of alkyl halides is 1. The van der Waals surface area contributed by atoms with Crippen LogP contribution in [0.5, 0.6) is 5.75 Å². The van der Waals surface area contributed by atoms with Gasteiger partial charge in [-0.15, -0.1) is 11.6 Å². The molecule has 1 aromatic rings. The van der Waals surface area contributed by atoms with E-state index in [4.69, 9.17) is 16.3 Å². The summed E-state index contributed by atoms with van der Waals surface area (Å²) in [6.45, 7) is 1.72. The summed E-state index contributed by atoms with van der Waals surface area (Å²) in [5.41, 5.74) is 0.162. The van der Waals surface area contributed by atoms with Gasteiger partial charge in [-0.1, -0.05) is 6.92 Å². The molecule has 0 heterocycles. The van der Waals surface area contributed by atoms with Gasteiger partial charge in [-0.2, -0.15) is 0 Å². The van der Waals surface area contributed by atoms with E-state index < -0.39 is 15.8 Å². The van der Waals surface area contributed by atoms with Crippen molar-refractivity contribution in [2.75, 3.05) is 23.5 Å². The van der Waals surface area contributed by atoms with Gasteiger partial charge in [-0.3, -0.25) is 4.72 Å². The topological polar surface area (TPSA) is 55.4 Å². The summed E-state index contributed by atoms with van der Waals surface area (Å²) in [4.78, 5) is 0. The van der Waals surface area contributed by atoms with Crippen LogP contribution in [0.1, 0.15) is 6.92 Å². The number of benzene rings is 1. The molecule has 1 rings (SSSR count). The highest BCUT2D eigenvalue weighted by Gasteiger charge is 2.16. The summed E-state index contributed by atoms with van der Waals surface area (Å²) in [5, 5.41) is 0. The predicted molar refractivity (Wildman–Crippen MR) is 70.2 cm³/mol. The molecule has 0 aromatic heterocycles. The number of nitrogens with one attached hydrogen (secondary N) is 1. The van der Waals surface area contributed by atoms with Crippen LogP contribution in [0.15, 0.2) is 18.2 Å². The van der Waals surface area contributed by atoms with Gasteiger partial charge in [-0.25, -0.2) is 12.8 Å². The third-order valence-corrected chi connectivity index (χ3v) is 4.27. The molecular weight excluding hydrogens is 281 g/mol. The second-order valence-electron chi connectivity index (χ2n) is 3.99. The molecule has 0 saturated carbocycles. The quantitative estimate of drug-likeness (QED) is 0.820. The molecule has 0 aliphatic carbocycles. The van der Waals surface area contributed by atoms with E-state index in [-0.39, 0.29) is 29.0 Å². The minimum atomic E-state index is -3.52. The minimum absolute atomic E-state index is 0.0621. The van der Waals surface area contributed by atoms with E-state index in [1.807, 2.05) is 0 Å². The Balaban J connectivity index is 2.81. The van der Waals surface area contributed by atoms with E-state index >= 15 is 0 Å². The van der Waals surface area contributed by atoms with Crippen LogP contribution in [-0.2, 0) is 10.0 Å². The number of sulfonamides is 1. The Bertz CT molecular complexity index is 507. The van der Waals surface area contributed by atoms with Gasteiger partial charge in [0.1, 0.15) is 0 Å². The molecule has 0 radical (unpaired) electrons. The maximum Gasteiger partial charge on any atom is 0.233 e. The molecule has 1 N–H and O–H groups in total. The fourth-order valence-electron chi connectivity index (χ4n) is 1.37. The number of hydrogen-bond donors (Lipinski definition) is 1. The normalized spacial score (nSPS) is 13.1. The Kier molecular flexibility index (Phi) is 5.22. The van der Waals surface area contributed by atoms with E-state index in [0.29, 0.717) is 0 Å². The van der Waals surface area contributed by atoms with Crippen molar-refractivity contribution in [1.82, 2.24) is 0 Å². The van der Waals surface area contributed by atoms with Crippen LogP contribution in [0.25, 0.3) is 0 Å². The highest BCUT2D eigenvalue weighted by molar-refractivity contribution is 7.92. The van der Waals surface area contributed by atoms with Crippen molar-refractivity contribution in [2.24, 2.45) is 5.92 Å². The third kappa shape index (κ3) is 4.34. The number of halogens is 2. The summed E-state index contributed by atoms with van der Waals surface area (Å²) < 4.78 is 43.8. The second kappa shape index (κ2) is 6.24. The van der Waals surface area contributed by atoms with Gasteiger partial charge in [0, 0.05) is 11.9 Å². The number of ether oxygens (including phenoxy) is 1. The van der Waals surface area contributed by atoms with Gasteiger partial charge in [0.25, 0.3) is 0 Å². The third-order valence-electron chi connectivity index (χ3n) is 2.19. The summed E-state index contributed by atoms with van der Waals surface area (Å²) >= 11 is 5.56. The molecule has 0 fully saturated rings. The van der Waals surface area contributed by atoms with Crippen LogP contribution in [0, 0.1) is 11.7 Å². The van der Waals surface area contributed by atoms with Crippen molar-refractivity contribution in [3.05, 3.63) is 24.0 Å². The molecule has 1 atom stereocenters. The van der Waals surface area contributed by atoms with Crippen LogP contribution < -0.4 is 9.46 Å². The van der Waals surface area contributed by atoms with Gasteiger partial charge < -0.3 is 4.74 Å². The first-order valence-electron chi connectivity index (χ1n) is 5.28. The van der Waals surface area contributed by atoms with Crippen molar-refractivity contribution >= 4 is 27.3 Å². The fraction of sp³-hybridized carbons (Fsp3) is 0.455. The van der Waals surface area contributed by atoms with Gasteiger partial charge in [0.15, 0.2) is 11.6 Å². The molecule has 1 unspecified atom stereocenters. The molecule has 0 amide bonds. The molecule has 0 bridgehead atoms. The highest BCUT2D eigenvalue weighted by Crippen LogP contribution is 2.21. The Morgan fingerprint density at radius 1 is 1.50 bits per heavy atom. The number of hydrogen-bond acceptors (Lipinski definition) is 3. The Hall–Kier alpha value is -1.01. The molecule has 0 saturated heterocycles. The van der Waals surface area contributed by atoms with E-state index in [1.54, 1.807) is 6.92 Å². The zero-order valence-electron chi connectivity index (χ0n) is 10.1. The summed E-state index contributed by atoms with van der Waals surface area (Å²) in [6, 6.07) is 3.87. The minimum Gasteiger partial charge on any atom is -0.494 e. The van der Waals surface area contributed by atoms with Crippen molar-refractivity contribution in [3.8, 4) is 5.75 Å². The molecule has 102 valence electrons. The monoisotopic (exact) mass is 295 g/mol. The lowest BCUT2D eigenvalue weighted by Crippen LogP contribution is -2.22. The lowest BCUT2D eigenvalue weighted by atomic mass is 10.3. The fourth-order valence-corrected chi connectivity index (χ4v) is 3.05. The standard InChI is InChI=1S/C11H15ClFNO3S/c1-8(6-12)7-18(15,16)14-9-3-4-11(17-2)10(13)5-9/h3-5,8,14H,6-7H2,1-2H3. The van der Waals surface area contributed by atoms with Crippen LogP contribution in [-0.4, -0.2) is 27.2 Å². The van der Waals surface area contributed by atoms with E-state index in [9.17, 15) is 12.8 Å². The zero-order valence-corrected chi connectivity index (χ0v) is 11.7. The maximum absolute atomic E-state index is 13.4. The summed E-state index contributed by atoms with van der Waals surface area (Å²) in [7, 11) is -2.19. The molecule has 4 nitrogen and oxygen atoms in total. The first-order chi connectivity index (χ1) is 8.38. The number of rotatable bonds is 6. The van der Waals surface area contributed by atoms with E-state index in [0.717, 1.165) is 6.07 Å². The van der Waals surface area contributed by atoms with E-state index in [1.165, 1.54) is 19.2 Å². The lowest BCUT2D eigenvalue weighted by Gasteiger charge is -2.11. The van der Waals surface area contributed by atoms with Gasteiger partial charge in [0.2, 0.25) is 10.0 Å². The largest absolute Gasteiger partial charge is 0.494 e. The molecule has 1 aromatic carbocycles. The summed E-state index contributed by atoms with van der Waals surface area (Å²) in [6.07, 6.45) is 0. The van der Waals surface area contributed by atoms with Crippen LogP contribution in [0.2, 0.25) is 0 Å². The smallest absolute Gasteiger partial charge is 0.233 e. The van der Waals surface area contributed by atoms with Gasteiger partial charge >= 0.3 is 0 Å². The maximum atomic E-state index is 13.4. The molecule has 18 heavy (non-hydrogen) atoms. The van der Waals surface area contributed by atoms with Gasteiger partial charge in [-0.05, 0) is 18.1 Å². The molecule has 0 spiro atoms. The SMILES string of the molecule is COc1ccc(NS(=O)(=O)CC(C)CCl)cc1F. The lowest BCUT2D eigenvalue weighted by molar-refractivity contribution is 0.386. The number of methoxy groups -OCH3 is 1. The Morgan fingerprint density at radius 3 is 2.67 bits per heavy atom. The van der Waals surface area contributed by atoms with Crippen LogP contribution in [0.3, 0.4) is 0 Å². The zero-order chi connectivity index (χ0) is 13.8. The molecule has 0 aliphatic rings. The average Bonchev–Trinajstić information content (AvgIpc) is 2.27. The molecule has 7 heteroatoms. The first kappa shape index (κ1) is 15.0. The Labute approximate surface area is 111 Å². The average molecular weight is 296 g/mol. The van der Waals surface area contributed by atoms with Crippen molar-refractivity contribution < 1.29 is 17.5 Å². The molecular formula is C11H15ClFNO3S. The second-order valence-corrected chi connectivity index (χ2v) is 6.07. The van der Waals surface area contributed by atoms with Crippen molar-refractivity contribution in [1.29, 1.82) is 0 Å². The molecule has 0 aliphatic heterocycles. The number of anilines is 1. The Morgan fingerprint density at radius 2 is 2.17 bits per heavy atom.